The minimum atomic E-state index is -4.58. The number of urea groups is 2. The summed E-state index contributed by atoms with van der Waals surface area (Å²) >= 11 is 0. The van der Waals surface area contributed by atoms with Crippen LogP contribution in [0.1, 0.15) is 31.4 Å². The molecule has 0 radical (unpaired) electrons. The van der Waals surface area contributed by atoms with Crippen LogP contribution in [0.2, 0.25) is 0 Å². The van der Waals surface area contributed by atoms with Crippen LogP contribution in [-0.4, -0.2) is 46.5 Å². The van der Waals surface area contributed by atoms with Crippen LogP contribution in [0.5, 0.6) is 0 Å². The van der Waals surface area contributed by atoms with Crippen molar-refractivity contribution in [1.82, 2.24) is 15.2 Å². The Hall–Kier alpha value is -4.66. The number of halogens is 3. The average Bonchev–Trinajstić information content (AvgIpc) is 3.37. The average molecular weight is 537 g/mol. The molecule has 12 heteroatoms. The van der Waals surface area contributed by atoms with Gasteiger partial charge in [-0.1, -0.05) is 19.9 Å². The summed E-state index contributed by atoms with van der Waals surface area (Å²) in [5, 5.41) is 15.0. The molecule has 2 saturated heterocycles. The van der Waals surface area contributed by atoms with E-state index in [2.05, 4.69) is 15.6 Å². The second-order valence-electron chi connectivity index (χ2n) is 10.3. The fourth-order valence-electron chi connectivity index (χ4n) is 5.24. The Balaban J connectivity index is 1.44. The number of pyridine rings is 1. The molecule has 2 fully saturated rings. The van der Waals surface area contributed by atoms with Crippen molar-refractivity contribution in [1.29, 1.82) is 5.26 Å². The summed E-state index contributed by atoms with van der Waals surface area (Å²) in [6.45, 7) is 4.01. The Labute approximate surface area is 221 Å². The lowest BCUT2D eigenvalue weighted by Crippen LogP contribution is -2.51. The molecule has 3 aromatic rings. The summed E-state index contributed by atoms with van der Waals surface area (Å²) in [6, 6.07) is 9.36. The van der Waals surface area contributed by atoms with Crippen molar-refractivity contribution >= 4 is 40.2 Å². The third-order valence-corrected chi connectivity index (χ3v) is 6.92. The Morgan fingerprint density at radius 3 is 2.67 bits per heavy atom. The van der Waals surface area contributed by atoms with Gasteiger partial charge in [-0.2, -0.15) is 18.4 Å². The lowest BCUT2D eigenvalue weighted by atomic mass is 9.88. The predicted octanol–water partition coefficient (Wildman–Crippen LogP) is 4.88. The number of nitriles is 1. The summed E-state index contributed by atoms with van der Waals surface area (Å²) in [5.74, 6) is -0.588. The van der Waals surface area contributed by atoms with E-state index >= 15 is 0 Å². The molecule has 39 heavy (non-hydrogen) atoms. The molecule has 9 nitrogen and oxygen atoms in total. The number of rotatable bonds is 3. The van der Waals surface area contributed by atoms with Gasteiger partial charge in [-0.15, -0.1) is 0 Å². The van der Waals surface area contributed by atoms with Gasteiger partial charge in [0.1, 0.15) is 12.1 Å². The third kappa shape index (κ3) is 4.71. The van der Waals surface area contributed by atoms with Gasteiger partial charge >= 0.3 is 18.2 Å². The Bertz CT molecular complexity index is 1550. The van der Waals surface area contributed by atoms with Gasteiger partial charge < -0.3 is 15.5 Å². The smallest absolute Gasteiger partial charge is 0.323 e. The first-order chi connectivity index (χ1) is 18.4. The zero-order chi connectivity index (χ0) is 28.1. The Morgan fingerprint density at radius 2 is 1.95 bits per heavy atom. The van der Waals surface area contributed by atoms with E-state index in [-0.39, 0.29) is 23.5 Å². The van der Waals surface area contributed by atoms with Crippen LogP contribution >= 0.6 is 0 Å². The number of imide groups is 1. The number of nitrogens with one attached hydrogen (secondary N) is 2. The molecule has 1 unspecified atom stereocenters. The monoisotopic (exact) mass is 536 g/mol. The van der Waals surface area contributed by atoms with Gasteiger partial charge in [0.2, 0.25) is 0 Å². The number of hydrogen-bond acceptors (Lipinski definition) is 5. The minimum absolute atomic E-state index is 0.0433. The van der Waals surface area contributed by atoms with Gasteiger partial charge in [-0.25, -0.2) is 14.5 Å². The maximum Gasteiger partial charge on any atom is 0.416 e. The molecule has 0 saturated carbocycles. The molecule has 1 aromatic heterocycles. The van der Waals surface area contributed by atoms with Crippen molar-refractivity contribution in [2.45, 2.75) is 38.5 Å². The van der Waals surface area contributed by atoms with Crippen molar-refractivity contribution in [2.75, 3.05) is 16.8 Å². The number of amides is 5. The zero-order valence-electron chi connectivity index (χ0n) is 20.9. The first kappa shape index (κ1) is 26.0. The van der Waals surface area contributed by atoms with Crippen molar-refractivity contribution in [3.05, 3.63) is 65.9 Å². The van der Waals surface area contributed by atoms with Crippen LogP contribution < -0.4 is 15.5 Å². The highest BCUT2D eigenvalue weighted by atomic mass is 19.4. The maximum absolute atomic E-state index is 13.7. The van der Waals surface area contributed by atoms with Gasteiger partial charge in [0, 0.05) is 23.8 Å². The Morgan fingerprint density at radius 1 is 1.18 bits per heavy atom. The van der Waals surface area contributed by atoms with Gasteiger partial charge in [-0.05, 0) is 54.3 Å². The second kappa shape index (κ2) is 9.27. The molecule has 3 heterocycles. The highest BCUT2D eigenvalue weighted by Crippen LogP contribution is 2.39. The lowest BCUT2D eigenvalue weighted by Gasteiger charge is -2.28. The van der Waals surface area contributed by atoms with Crippen LogP contribution in [0.3, 0.4) is 0 Å². The number of hydrogen-bond donors (Lipinski definition) is 2. The summed E-state index contributed by atoms with van der Waals surface area (Å²) in [4.78, 5) is 46.6. The number of likely N-dealkylation sites (tertiary alicyclic amines) is 1. The molecular weight excluding hydrogens is 513 g/mol. The number of carbonyl (C=O) groups is 3. The molecule has 5 rings (SSSR count). The number of aromatic nitrogens is 1. The topological polar surface area (TPSA) is 118 Å². The number of fused-ring (bicyclic) bond motifs is 1. The van der Waals surface area contributed by atoms with E-state index in [1.165, 1.54) is 35.4 Å². The van der Waals surface area contributed by atoms with Crippen LogP contribution in [0.25, 0.3) is 10.9 Å². The van der Waals surface area contributed by atoms with E-state index in [9.17, 15) is 32.8 Å². The number of anilines is 2. The molecule has 2 aliphatic rings. The van der Waals surface area contributed by atoms with Crippen molar-refractivity contribution in [3.63, 3.8) is 0 Å². The molecule has 0 bridgehead atoms. The normalized spacial score (nSPS) is 20.7. The molecule has 5 amide bonds. The number of carbonyl (C=O) groups excluding carboxylic acids is 3. The largest absolute Gasteiger partial charge is 0.416 e. The van der Waals surface area contributed by atoms with Crippen LogP contribution in [0.4, 0.5) is 34.1 Å². The highest BCUT2D eigenvalue weighted by Gasteiger charge is 2.52. The van der Waals surface area contributed by atoms with E-state index < -0.39 is 47.2 Å². The predicted molar refractivity (Wildman–Crippen MR) is 136 cm³/mol. The first-order valence-corrected chi connectivity index (χ1v) is 12.1. The SMILES string of the molecule is CC1(C)CC([C@@H]2NC(=O)N(c3ccc(C#N)c4ncccc34)C2=O)N(C(=O)Nc2cccc(C(F)(F)F)c2)C1. The van der Waals surface area contributed by atoms with Gasteiger partial charge in [0.15, 0.2) is 0 Å². The number of benzene rings is 2. The van der Waals surface area contributed by atoms with Gasteiger partial charge in [0.05, 0.1) is 28.4 Å². The van der Waals surface area contributed by atoms with E-state index in [1.54, 1.807) is 12.1 Å². The van der Waals surface area contributed by atoms with Crippen LogP contribution in [0, 0.1) is 16.7 Å². The summed E-state index contributed by atoms with van der Waals surface area (Å²) in [6.07, 6.45) is -2.71. The molecule has 0 spiro atoms. The van der Waals surface area contributed by atoms with Crippen LogP contribution in [-0.2, 0) is 11.0 Å². The fourth-order valence-corrected chi connectivity index (χ4v) is 5.24. The summed E-state index contributed by atoms with van der Waals surface area (Å²) in [5.41, 5.74) is -0.507. The summed E-state index contributed by atoms with van der Waals surface area (Å²) < 4.78 is 39.4. The highest BCUT2D eigenvalue weighted by molar-refractivity contribution is 6.24. The molecule has 2 atom stereocenters. The second-order valence-corrected chi connectivity index (χ2v) is 10.3. The molecule has 2 aliphatic heterocycles. The van der Waals surface area contributed by atoms with E-state index in [0.717, 1.165) is 17.0 Å². The molecule has 2 aromatic carbocycles. The molecule has 0 aliphatic carbocycles. The fraction of sp³-hybridized carbons (Fsp3) is 0.296. The van der Waals surface area contributed by atoms with Gasteiger partial charge in [-0.3, -0.25) is 9.78 Å². The zero-order valence-corrected chi connectivity index (χ0v) is 20.9. The van der Waals surface area contributed by atoms with Crippen LogP contribution in [0.15, 0.2) is 54.7 Å². The van der Waals surface area contributed by atoms with E-state index in [1.807, 2.05) is 19.9 Å². The quantitative estimate of drug-likeness (QED) is 0.463. The maximum atomic E-state index is 13.7. The van der Waals surface area contributed by atoms with Crippen molar-refractivity contribution in [2.24, 2.45) is 5.41 Å². The minimum Gasteiger partial charge on any atom is -0.323 e. The standard InChI is InChI=1S/C27H23F3N6O3/c1-26(2)12-20(35(14-26)24(38)33-17-6-3-5-16(11-17)27(28,29)30)22-23(37)36(25(39)34-22)19-9-8-15(13-31)21-18(19)7-4-10-32-21/h3-11,20,22H,12,14H2,1-2H3,(H,33,38)(H,34,39)/t20?,22-/m0/s1. The lowest BCUT2D eigenvalue weighted by molar-refractivity contribution is -0.137. The van der Waals surface area contributed by atoms with Crippen molar-refractivity contribution in [3.8, 4) is 6.07 Å². The van der Waals surface area contributed by atoms with Crippen molar-refractivity contribution < 1.29 is 27.6 Å². The van der Waals surface area contributed by atoms with Gasteiger partial charge in [0.25, 0.3) is 5.91 Å². The third-order valence-electron chi connectivity index (χ3n) is 6.92. The van der Waals surface area contributed by atoms with E-state index in [4.69, 9.17) is 0 Å². The number of nitrogens with zero attached hydrogens (tertiary/aromatic N) is 4. The summed E-state index contributed by atoms with van der Waals surface area (Å²) in [7, 11) is 0. The van der Waals surface area contributed by atoms with E-state index in [0.29, 0.717) is 17.3 Å². The first-order valence-electron chi connectivity index (χ1n) is 12.1. The molecular formula is C27H23F3N6O3. The molecule has 200 valence electrons. The Kier molecular flexibility index (Phi) is 6.17. The molecule has 2 N–H and O–H groups in total. The number of alkyl halides is 3.